The number of esters is 2. The van der Waals surface area contributed by atoms with Crippen molar-refractivity contribution in [2.75, 3.05) is 4.90 Å². The molecule has 0 spiro atoms. The van der Waals surface area contributed by atoms with Crippen molar-refractivity contribution in [3.8, 4) is 33.8 Å². The second-order valence-corrected chi connectivity index (χ2v) is 10.1. The molecule has 0 fully saturated rings. The van der Waals surface area contributed by atoms with Crippen LogP contribution in [0.4, 0.5) is 17.1 Å². The van der Waals surface area contributed by atoms with Crippen molar-refractivity contribution < 1.29 is 19.1 Å². The van der Waals surface area contributed by atoms with Gasteiger partial charge in [-0.15, -0.1) is 0 Å². The van der Waals surface area contributed by atoms with Crippen LogP contribution in [0.3, 0.4) is 0 Å². The Morgan fingerprint density at radius 3 is 1.30 bits per heavy atom. The summed E-state index contributed by atoms with van der Waals surface area (Å²) in [5.41, 5.74) is 8.73. The van der Waals surface area contributed by atoms with Crippen LogP contribution in [-0.2, 0) is 9.59 Å². The summed E-state index contributed by atoms with van der Waals surface area (Å²) in [6.07, 6.45) is 1.14. The summed E-state index contributed by atoms with van der Waals surface area (Å²) in [4.78, 5) is 25.5. The number of aryl methyl sites for hydroxylation is 1. The molecule has 5 aromatic carbocycles. The Labute approximate surface area is 252 Å². The van der Waals surface area contributed by atoms with E-state index in [9.17, 15) is 9.59 Å². The van der Waals surface area contributed by atoms with Gasteiger partial charge in [0.1, 0.15) is 11.5 Å². The molecule has 43 heavy (non-hydrogen) atoms. The molecule has 0 radical (unpaired) electrons. The first-order valence-corrected chi connectivity index (χ1v) is 13.8. The van der Waals surface area contributed by atoms with E-state index in [0.717, 1.165) is 45.4 Å². The van der Waals surface area contributed by atoms with Gasteiger partial charge >= 0.3 is 11.9 Å². The molecule has 0 aromatic heterocycles. The van der Waals surface area contributed by atoms with Crippen LogP contribution in [0.5, 0.6) is 11.5 Å². The SMILES string of the molecule is C=CC(=O)Oc1ccc(-c2ccc(N(c3ccc(C)cc3)c3ccc(-c4ccc(OC(=O)C(=C)C)cc4)cc3)cc2)cc1. The average Bonchev–Trinajstić information content (AvgIpc) is 3.03. The molecule has 0 saturated carbocycles. The molecule has 0 heterocycles. The van der Waals surface area contributed by atoms with Crippen molar-refractivity contribution >= 4 is 29.0 Å². The van der Waals surface area contributed by atoms with Gasteiger partial charge in [0.15, 0.2) is 0 Å². The number of hydrogen-bond donors (Lipinski definition) is 0. The molecule has 0 aliphatic rings. The fourth-order valence-electron chi connectivity index (χ4n) is 4.53. The summed E-state index contributed by atoms with van der Waals surface area (Å²) in [5.74, 6) is 0.0301. The van der Waals surface area contributed by atoms with Gasteiger partial charge in [0.25, 0.3) is 0 Å². The van der Waals surface area contributed by atoms with Crippen LogP contribution in [0.25, 0.3) is 22.3 Å². The number of nitrogens with zero attached hydrogens (tertiary/aromatic N) is 1. The predicted molar refractivity (Wildman–Crippen MR) is 173 cm³/mol. The maximum absolute atomic E-state index is 11.8. The standard InChI is InChI=1S/C38H31NO4/c1-5-37(40)42-35-22-12-30(13-23-35)28-8-18-33(19-9-28)39(32-16-6-27(4)7-17-32)34-20-10-29(11-21-34)31-14-24-36(25-15-31)43-38(41)26(2)3/h5-25H,1-2H2,3-4H3. The van der Waals surface area contributed by atoms with E-state index < -0.39 is 11.9 Å². The summed E-state index contributed by atoms with van der Waals surface area (Å²) in [7, 11) is 0. The third kappa shape index (κ3) is 6.97. The molecule has 0 aliphatic heterocycles. The second kappa shape index (κ2) is 12.9. The van der Waals surface area contributed by atoms with Crippen LogP contribution < -0.4 is 14.4 Å². The van der Waals surface area contributed by atoms with Crippen molar-refractivity contribution in [2.45, 2.75) is 13.8 Å². The summed E-state index contributed by atoms with van der Waals surface area (Å²) < 4.78 is 10.5. The Kier molecular flexibility index (Phi) is 8.63. The Bertz CT molecular complexity index is 1750. The van der Waals surface area contributed by atoms with Crippen LogP contribution >= 0.6 is 0 Å². The number of rotatable bonds is 9. The van der Waals surface area contributed by atoms with Crippen molar-refractivity contribution in [3.05, 3.63) is 152 Å². The molecule has 0 aliphatic carbocycles. The van der Waals surface area contributed by atoms with E-state index in [0.29, 0.717) is 17.1 Å². The smallest absolute Gasteiger partial charge is 0.338 e. The molecule has 0 amide bonds. The first-order chi connectivity index (χ1) is 20.8. The molecular weight excluding hydrogens is 534 g/mol. The van der Waals surface area contributed by atoms with Gasteiger partial charge in [-0.1, -0.05) is 79.4 Å². The van der Waals surface area contributed by atoms with Gasteiger partial charge < -0.3 is 14.4 Å². The molecule has 5 aromatic rings. The predicted octanol–water partition coefficient (Wildman–Crippen LogP) is 9.37. The van der Waals surface area contributed by atoms with Crippen LogP contribution in [0.2, 0.25) is 0 Å². The Hall–Kier alpha value is -5.68. The largest absolute Gasteiger partial charge is 0.423 e. The van der Waals surface area contributed by atoms with E-state index >= 15 is 0 Å². The fraction of sp³-hybridized carbons (Fsp3) is 0.0526. The first-order valence-electron chi connectivity index (χ1n) is 13.8. The number of carbonyl (C=O) groups is 2. The van der Waals surface area contributed by atoms with Gasteiger partial charge in [0.05, 0.1) is 0 Å². The molecule has 0 unspecified atom stereocenters. The van der Waals surface area contributed by atoms with Gasteiger partial charge in [0, 0.05) is 28.7 Å². The van der Waals surface area contributed by atoms with Gasteiger partial charge in [-0.05, 0) is 96.8 Å². The molecule has 5 nitrogen and oxygen atoms in total. The number of anilines is 3. The maximum atomic E-state index is 11.8. The molecule has 5 rings (SSSR count). The van der Waals surface area contributed by atoms with E-state index in [2.05, 4.69) is 97.8 Å². The Balaban J connectivity index is 1.40. The van der Waals surface area contributed by atoms with Gasteiger partial charge in [-0.2, -0.15) is 0 Å². The highest BCUT2D eigenvalue weighted by Crippen LogP contribution is 2.37. The van der Waals surface area contributed by atoms with E-state index in [1.165, 1.54) is 5.56 Å². The Morgan fingerprint density at radius 1 is 0.581 bits per heavy atom. The van der Waals surface area contributed by atoms with E-state index in [-0.39, 0.29) is 0 Å². The lowest BCUT2D eigenvalue weighted by molar-refractivity contribution is -0.130. The topological polar surface area (TPSA) is 55.8 Å². The molecular formula is C38H31NO4. The quantitative estimate of drug-likeness (QED) is 0.101. The third-order valence-corrected chi connectivity index (χ3v) is 6.86. The van der Waals surface area contributed by atoms with Crippen molar-refractivity contribution in [2.24, 2.45) is 0 Å². The number of ether oxygens (including phenoxy) is 2. The third-order valence-electron chi connectivity index (χ3n) is 6.86. The number of benzene rings is 5. The zero-order valence-electron chi connectivity index (χ0n) is 24.1. The van der Waals surface area contributed by atoms with Crippen LogP contribution in [0.15, 0.2) is 146 Å². The average molecular weight is 566 g/mol. The summed E-state index contributed by atoms with van der Waals surface area (Å²) in [5, 5.41) is 0. The maximum Gasteiger partial charge on any atom is 0.338 e. The monoisotopic (exact) mass is 565 g/mol. The highest BCUT2D eigenvalue weighted by molar-refractivity contribution is 5.89. The van der Waals surface area contributed by atoms with Gasteiger partial charge in [0.2, 0.25) is 0 Å². The molecule has 5 heteroatoms. The first kappa shape index (κ1) is 28.8. The highest BCUT2D eigenvalue weighted by Gasteiger charge is 2.14. The lowest BCUT2D eigenvalue weighted by atomic mass is 10.0. The lowest BCUT2D eigenvalue weighted by Crippen LogP contribution is -2.09. The minimum atomic E-state index is -0.485. The van der Waals surface area contributed by atoms with Crippen molar-refractivity contribution in [3.63, 3.8) is 0 Å². The summed E-state index contributed by atoms with van der Waals surface area (Å²) in [6, 6.07) is 40.0. The molecule has 0 N–H and O–H groups in total. The van der Waals surface area contributed by atoms with E-state index in [4.69, 9.17) is 9.47 Å². The van der Waals surface area contributed by atoms with Gasteiger partial charge in [-0.25, -0.2) is 9.59 Å². The van der Waals surface area contributed by atoms with Crippen molar-refractivity contribution in [1.29, 1.82) is 0 Å². The summed E-state index contributed by atoms with van der Waals surface area (Å²) >= 11 is 0. The van der Waals surface area contributed by atoms with E-state index in [1.54, 1.807) is 31.2 Å². The van der Waals surface area contributed by atoms with Gasteiger partial charge in [-0.3, -0.25) is 0 Å². The number of carbonyl (C=O) groups excluding carboxylic acids is 2. The van der Waals surface area contributed by atoms with E-state index in [1.807, 2.05) is 24.3 Å². The van der Waals surface area contributed by atoms with Crippen LogP contribution in [-0.4, -0.2) is 11.9 Å². The zero-order chi connectivity index (χ0) is 30.3. The zero-order valence-corrected chi connectivity index (χ0v) is 24.1. The summed E-state index contributed by atoms with van der Waals surface area (Å²) in [6.45, 7) is 10.8. The van der Waals surface area contributed by atoms with Crippen LogP contribution in [0, 0.1) is 6.92 Å². The molecule has 212 valence electrons. The second-order valence-electron chi connectivity index (χ2n) is 10.1. The lowest BCUT2D eigenvalue weighted by Gasteiger charge is -2.26. The normalized spacial score (nSPS) is 10.5. The highest BCUT2D eigenvalue weighted by atomic mass is 16.5. The molecule has 0 bridgehead atoms. The van der Waals surface area contributed by atoms with Crippen LogP contribution in [0.1, 0.15) is 12.5 Å². The molecule has 0 saturated heterocycles. The van der Waals surface area contributed by atoms with Crippen molar-refractivity contribution in [1.82, 2.24) is 0 Å². The minimum absolute atomic E-state index is 0.356. The Morgan fingerprint density at radius 2 is 0.930 bits per heavy atom. The molecule has 0 atom stereocenters. The minimum Gasteiger partial charge on any atom is -0.423 e. The number of hydrogen-bond acceptors (Lipinski definition) is 5. The fourth-order valence-corrected chi connectivity index (χ4v) is 4.53.